The molecule has 5 heteroatoms. The summed E-state index contributed by atoms with van der Waals surface area (Å²) in [7, 11) is 1.34. The van der Waals surface area contributed by atoms with Gasteiger partial charge in [-0.15, -0.1) is 0 Å². The van der Waals surface area contributed by atoms with E-state index in [4.69, 9.17) is 11.6 Å². The van der Waals surface area contributed by atoms with Crippen molar-refractivity contribution in [3.8, 4) is 0 Å². The van der Waals surface area contributed by atoms with Gasteiger partial charge in [-0.25, -0.2) is 4.79 Å². The summed E-state index contributed by atoms with van der Waals surface area (Å²) in [4.78, 5) is 23.9. The topological polar surface area (TPSA) is 46.6 Å². The fourth-order valence-corrected chi connectivity index (χ4v) is 2.00. The number of ether oxygens (including phenoxy) is 1. The maximum absolute atomic E-state index is 11.3. The molecule has 0 saturated heterocycles. The van der Waals surface area contributed by atoms with Crippen molar-refractivity contribution in [1.82, 2.24) is 0 Å². The van der Waals surface area contributed by atoms with Crippen molar-refractivity contribution in [1.29, 1.82) is 0 Å². The van der Waals surface area contributed by atoms with Crippen LogP contribution >= 0.6 is 11.6 Å². The highest BCUT2D eigenvalue weighted by Crippen LogP contribution is 2.29. The normalized spacial score (nSPS) is 13.5. The summed E-state index contributed by atoms with van der Waals surface area (Å²) < 4.78 is 4.62. The summed E-state index contributed by atoms with van der Waals surface area (Å²) >= 11 is 5.44. The number of rotatable bonds is 1. The van der Waals surface area contributed by atoms with E-state index in [1.165, 1.54) is 12.0 Å². The van der Waals surface area contributed by atoms with Gasteiger partial charge in [0.1, 0.15) is 0 Å². The van der Waals surface area contributed by atoms with Crippen LogP contribution in [0.3, 0.4) is 0 Å². The third-order valence-electron chi connectivity index (χ3n) is 2.61. The molecule has 16 heavy (non-hydrogen) atoms. The molecule has 1 aliphatic rings. The zero-order chi connectivity index (χ0) is 11.7. The highest BCUT2D eigenvalue weighted by atomic mass is 35.5. The number of hydrogen-bond acceptors (Lipinski definition) is 3. The molecular weight excluding hydrogens is 230 g/mol. The lowest BCUT2D eigenvalue weighted by molar-refractivity contribution is 0.0600. The minimum atomic E-state index is -0.496. The molecule has 1 aromatic rings. The number of hydrogen-bond donors (Lipinski definition) is 0. The van der Waals surface area contributed by atoms with Gasteiger partial charge in [-0.3, -0.25) is 9.69 Å². The molecule has 0 saturated carbocycles. The molecule has 0 spiro atoms. The van der Waals surface area contributed by atoms with Crippen molar-refractivity contribution in [3.05, 3.63) is 29.3 Å². The first kappa shape index (κ1) is 11.0. The molecule has 1 amide bonds. The Hall–Kier alpha value is -1.55. The van der Waals surface area contributed by atoms with E-state index in [0.29, 0.717) is 18.5 Å². The van der Waals surface area contributed by atoms with Gasteiger partial charge in [-0.2, -0.15) is 0 Å². The Morgan fingerprint density at radius 1 is 1.44 bits per heavy atom. The molecule has 84 valence electrons. The van der Waals surface area contributed by atoms with E-state index in [-0.39, 0.29) is 5.97 Å². The minimum absolute atomic E-state index is 0.376. The maximum atomic E-state index is 11.3. The zero-order valence-electron chi connectivity index (χ0n) is 8.70. The summed E-state index contributed by atoms with van der Waals surface area (Å²) in [6, 6.07) is 5.08. The van der Waals surface area contributed by atoms with Crippen LogP contribution in [0.2, 0.25) is 0 Å². The molecule has 0 aliphatic carbocycles. The zero-order valence-corrected chi connectivity index (χ0v) is 9.45. The number of anilines is 1. The van der Waals surface area contributed by atoms with E-state index in [1.54, 1.807) is 18.2 Å². The van der Waals surface area contributed by atoms with Crippen LogP contribution in [0.5, 0.6) is 0 Å². The molecule has 0 bridgehead atoms. The maximum Gasteiger partial charge on any atom is 0.337 e. The smallest absolute Gasteiger partial charge is 0.337 e. The number of benzene rings is 1. The predicted octanol–water partition coefficient (Wildman–Crippen LogP) is 2.19. The number of carbonyl (C=O) groups excluding carboxylic acids is 2. The lowest BCUT2D eigenvalue weighted by Crippen LogP contribution is -2.22. The molecule has 0 aromatic heterocycles. The first-order valence-electron chi connectivity index (χ1n) is 4.81. The SMILES string of the molecule is COC(=O)c1ccc2c(c1)CCN2C(=O)Cl. The fraction of sp³-hybridized carbons (Fsp3) is 0.273. The summed E-state index contributed by atoms with van der Waals surface area (Å²) in [5.74, 6) is -0.376. The quantitative estimate of drug-likeness (QED) is 0.429. The Kier molecular flexibility index (Phi) is 2.83. The van der Waals surface area contributed by atoms with Gasteiger partial charge in [0.05, 0.1) is 12.7 Å². The molecule has 0 radical (unpaired) electrons. The van der Waals surface area contributed by atoms with Crippen LogP contribution in [0.15, 0.2) is 18.2 Å². The summed E-state index contributed by atoms with van der Waals surface area (Å²) in [6.45, 7) is 0.558. The highest BCUT2D eigenvalue weighted by molar-refractivity contribution is 6.66. The predicted molar refractivity (Wildman–Crippen MR) is 60.1 cm³/mol. The lowest BCUT2D eigenvalue weighted by atomic mass is 10.1. The molecular formula is C11H10ClNO3. The van der Waals surface area contributed by atoms with Crippen LogP contribution in [0.1, 0.15) is 15.9 Å². The van der Waals surface area contributed by atoms with Crippen molar-refractivity contribution < 1.29 is 14.3 Å². The van der Waals surface area contributed by atoms with E-state index >= 15 is 0 Å². The van der Waals surface area contributed by atoms with Gasteiger partial charge < -0.3 is 4.74 Å². The molecule has 0 unspecified atom stereocenters. The number of esters is 1. The van der Waals surface area contributed by atoms with Crippen LogP contribution in [0, 0.1) is 0 Å². The molecule has 1 heterocycles. The number of carbonyl (C=O) groups is 2. The van der Waals surface area contributed by atoms with Gasteiger partial charge in [0, 0.05) is 12.2 Å². The molecule has 1 aliphatic heterocycles. The summed E-state index contributed by atoms with van der Waals surface area (Å²) in [6.07, 6.45) is 0.707. The second-order valence-corrected chi connectivity index (χ2v) is 3.81. The molecule has 0 atom stereocenters. The van der Waals surface area contributed by atoms with Crippen LogP contribution in [0.25, 0.3) is 0 Å². The molecule has 4 nitrogen and oxygen atoms in total. The third kappa shape index (κ3) is 1.76. The van der Waals surface area contributed by atoms with Gasteiger partial charge in [0.25, 0.3) is 0 Å². The van der Waals surface area contributed by atoms with Crippen LogP contribution in [-0.2, 0) is 11.2 Å². The molecule has 0 fully saturated rings. The van der Waals surface area contributed by atoms with E-state index in [9.17, 15) is 9.59 Å². The lowest BCUT2D eigenvalue weighted by Gasteiger charge is -2.12. The van der Waals surface area contributed by atoms with Gasteiger partial charge >= 0.3 is 11.3 Å². The Balaban J connectivity index is 2.36. The number of methoxy groups -OCH3 is 1. The largest absolute Gasteiger partial charge is 0.465 e. The summed E-state index contributed by atoms with van der Waals surface area (Å²) in [5, 5.41) is -0.496. The number of halogens is 1. The van der Waals surface area contributed by atoms with Crippen LogP contribution in [0.4, 0.5) is 10.5 Å². The molecule has 0 N–H and O–H groups in total. The average Bonchev–Trinajstić information content (AvgIpc) is 2.70. The first-order chi connectivity index (χ1) is 7.63. The molecule has 2 rings (SSSR count). The van der Waals surface area contributed by atoms with Crippen molar-refractivity contribution in [2.24, 2.45) is 0 Å². The van der Waals surface area contributed by atoms with Crippen LogP contribution < -0.4 is 4.90 Å². The third-order valence-corrected chi connectivity index (χ3v) is 2.81. The highest BCUT2D eigenvalue weighted by Gasteiger charge is 2.24. The average molecular weight is 240 g/mol. The Morgan fingerprint density at radius 2 is 2.19 bits per heavy atom. The number of amides is 1. The van der Waals surface area contributed by atoms with Gasteiger partial charge in [0.2, 0.25) is 0 Å². The Bertz CT molecular complexity index is 459. The van der Waals surface area contributed by atoms with E-state index in [0.717, 1.165) is 11.3 Å². The second kappa shape index (κ2) is 4.14. The second-order valence-electron chi connectivity index (χ2n) is 3.49. The Morgan fingerprint density at radius 3 is 2.81 bits per heavy atom. The van der Waals surface area contributed by atoms with Crippen molar-refractivity contribution in [3.63, 3.8) is 0 Å². The van der Waals surface area contributed by atoms with Crippen molar-refractivity contribution in [2.45, 2.75) is 6.42 Å². The van der Waals surface area contributed by atoms with E-state index in [2.05, 4.69) is 4.74 Å². The van der Waals surface area contributed by atoms with Gasteiger partial charge in [-0.1, -0.05) is 0 Å². The number of fused-ring (bicyclic) bond motifs is 1. The minimum Gasteiger partial charge on any atom is -0.465 e. The first-order valence-corrected chi connectivity index (χ1v) is 5.19. The monoisotopic (exact) mass is 239 g/mol. The molecule has 1 aromatic carbocycles. The fourth-order valence-electron chi connectivity index (χ4n) is 1.83. The summed E-state index contributed by atoms with van der Waals surface area (Å²) in [5.41, 5.74) is 2.20. The number of nitrogens with zero attached hydrogens (tertiary/aromatic N) is 1. The van der Waals surface area contributed by atoms with E-state index in [1.807, 2.05) is 0 Å². The van der Waals surface area contributed by atoms with Crippen molar-refractivity contribution in [2.75, 3.05) is 18.6 Å². The van der Waals surface area contributed by atoms with Crippen LogP contribution in [-0.4, -0.2) is 25.0 Å². The van der Waals surface area contributed by atoms with Crippen molar-refractivity contribution >= 4 is 28.6 Å². The Labute approximate surface area is 97.7 Å². The van der Waals surface area contributed by atoms with E-state index < -0.39 is 5.37 Å². The van der Waals surface area contributed by atoms with Gasteiger partial charge in [0.15, 0.2) is 0 Å². The van der Waals surface area contributed by atoms with Gasteiger partial charge in [-0.05, 0) is 41.8 Å². The standard InChI is InChI=1S/C11H10ClNO3/c1-16-10(14)8-2-3-9-7(6-8)4-5-13(9)11(12)15/h2-3,6H,4-5H2,1H3.